The molecule has 0 heterocycles. The lowest BCUT2D eigenvalue weighted by Crippen LogP contribution is -2.20. The Morgan fingerprint density at radius 3 is 1.33 bits per heavy atom. The summed E-state index contributed by atoms with van der Waals surface area (Å²) in [5, 5.41) is 0. The van der Waals surface area contributed by atoms with Gasteiger partial charge in [-0.05, 0) is 134 Å². The van der Waals surface area contributed by atoms with Crippen molar-refractivity contribution in [1.29, 1.82) is 0 Å². The van der Waals surface area contributed by atoms with Crippen molar-refractivity contribution in [1.82, 2.24) is 0 Å². The van der Waals surface area contributed by atoms with E-state index >= 15 is 0 Å². The van der Waals surface area contributed by atoms with Crippen LogP contribution in [0.1, 0.15) is 111 Å². The van der Waals surface area contributed by atoms with Crippen LogP contribution in [0.25, 0.3) is 0 Å². The highest BCUT2D eigenvalue weighted by Gasteiger charge is 2.48. The molecule has 0 saturated heterocycles. The van der Waals surface area contributed by atoms with E-state index in [0.717, 1.165) is 53.3 Å². The largest absolute Gasteiger partial charge is 0.0506 e. The second-order valence-electron chi connectivity index (χ2n) is 11.6. The molecular formula is C27H35. The van der Waals surface area contributed by atoms with Crippen molar-refractivity contribution in [3.8, 4) is 0 Å². The van der Waals surface area contributed by atoms with Crippen LogP contribution in [0.3, 0.4) is 0 Å². The van der Waals surface area contributed by atoms with Crippen molar-refractivity contribution in [2.75, 3.05) is 0 Å². The van der Waals surface area contributed by atoms with Crippen molar-refractivity contribution in [3.63, 3.8) is 0 Å². The highest BCUT2D eigenvalue weighted by molar-refractivity contribution is 5.45. The summed E-state index contributed by atoms with van der Waals surface area (Å²) in [5.74, 6) is 8.92. The van der Waals surface area contributed by atoms with E-state index in [9.17, 15) is 0 Å². The van der Waals surface area contributed by atoms with Crippen LogP contribution < -0.4 is 0 Å². The molecule has 27 heavy (non-hydrogen) atoms. The predicted molar refractivity (Wildman–Crippen MR) is 110 cm³/mol. The molecule has 1 aromatic rings. The van der Waals surface area contributed by atoms with Gasteiger partial charge >= 0.3 is 0 Å². The molecule has 0 aliphatic heterocycles. The zero-order chi connectivity index (χ0) is 17.5. The Balaban J connectivity index is 1.34. The highest BCUT2D eigenvalue weighted by Crippen LogP contribution is 2.61. The van der Waals surface area contributed by atoms with Crippen molar-refractivity contribution < 1.29 is 0 Å². The van der Waals surface area contributed by atoms with Crippen molar-refractivity contribution >= 4 is 0 Å². The van der Waals surface area contributed by atoms with Gasteiger partial charge in [-0.1, -0.05) is 31.4 Å². The van der Waals surface area contributed by atoms with E-state index in [-0.39, 0.29) is 0 Å². The second-order valence-corrected chi connectivity index (χ2v) is 11.6. The third-order valence-electron chi connectivity index (χ3n) is 10.5. The topological polar surface area (TPSA) is 0 Å². The molecule has 9 atom stereocenters. The van der Waals surface area contributed by atoms with Gasteiger partial charge in [0.05, 0.1) is 0 Å². The molecule has 1 aromatic carbocycles. The summed E-state index contributed by atoms with van der Waals surface area (Å²) in [7, 11) is 0. The number of fused-ring (bicyclic) bond motifs is 6. The van der Waals surface area contributed by atoms with Gasteiger partial charge in [-0.25, -0.2) is 0 Å². The number of rotatable bonds is 3. The van der Waals surface area contributed by atoms with Gasteiger partial charge in [-0.3, -0.25) is 0 Å². The van der Waals surface area contributed by atoms with Crippen LogP contribution in [-0.4, -0.2) is 0 Å². The Bertz CT molecular complexity index is 700. The van der Waals surface area contributed by atoms with Gasteiger partial charge in [0.1, 0.15) is 0 Å². The molecule has 0 nitrogen and oxygen atoms in total. The maximum Gasteiger partial charge on any atom is -0.0125 e. The van der Waals surface area contributed by atoms with E-state index in [1.54, 1.807) is 19.3 Å². The summed E-state index contributed by atoms with van der Waals surface area (Å²) < 4.78 is 0. The molecule has 143 valence electrons. The van der Waals surface area contributed by atoms with Gasteiger partial charge in [-0.15, -0.1) is 0 Å². The van der Waals surface area contributed by atoms with E-state index in [1.165, 1.54) is 57.8 Å². The number of hydrogen-bond acceptors (Lipinski definition) is 0. The monoisotopic (exact) mass is 359 g/mol. The first-order valence-electron chi connectivity index (χ1n) is 12.4. The first-order chi connectivity index (χ1) is 13.3. The average molecular weight is 360 g/mol. The number of benzene rings is 1. The molecule has 0 N–H and O–H groups in total. The molecule has 0 amide bonds. The Hall–Kier alpha value is -0.780. The first kappa shape index (κ1) is 16.1. The van der Waals surface area contributed by atoms with Gasteiger partial charge in [0, 0.05) is 0 Å². The lowest BCUT2D eigenvalue weighted by Gasteiger charge is -2.34. The molecule has 9 unspecified atom stereocenters. The lowest BCUT2D eigenvalue weighted by molar-refractivity contribution is 0.380. The summed E-state index contributed by atoms with van der Waals surface area (Å²) in [6.07, 6.45) is 18.3. The highest BCUT2D eigenvalue weighted by atomic mass is 14.5. The predicted octanol–water partition coefficient (Wildman–Crippen LogP) is 7.20. The fraction of sp³-hybridized carbons (Fsp3) is 0.778. The van der Waals surface area contributed by atoms with Crippen LogP contribution >= 0.6 is 0 Å². The second kappa shape index (κ2) is 5.87. The van der Waals surface area contributed by atoms with Crippen LogP contribution in [0, 0.1) is 41.6 Å². The van der Waals surface area contributed by atoms with Crippen molar-refractivity contribution in [2.45, 2.75) is 94.8 Å². The van der Waals surface area contributed by atoms with Gasteiger partial charge < -0.3 is 0 Å². The zero-order valence-corrected chi connectivity index (χ0v) is 16.8. The molecule has 0 spiro atoms. The quantitative estimate of drug-likeness (QED) is 0.535. The molecule has 6 aliphatic rings. The van der Waals surface area contributed by atoms with E-state index in [4.69, 9.17) is 0 Å². The summed E-state index contributed by atoms with van der Waals surface area (Å²) in [6, 6.07) is 8.69. The molecule has 6 saturated carbocycles. The summed E-state index contributed by atoms with van der Waals surface area (Å²) in [4.78, 5) is 0. The fourth-order valence-corrected chi connectivity index (χ4v) is 9.43. The molecular weight excluding hydrogens is 324 g/mol. The summed E-state index contributed by atoms with van der Waals surface area (Å²) in [5.41, 5.74) is 5.57. The minimum absolute atomic E-state index is 0.896. The molecule has 6 fully saturated rings. The normalized spacial score (nSPS) is 49.6. The van der Waals surface area contributed by atoms with E-state index < -0.39 is 0 Å². The molecule has 7 rings (SSSR count). The van der Waals surface area contributed by atoms with E-state index in [0.29, 0.717) is 0 Å². The molecule has 6 bridgehead atoms. The Labute approximate surface area is 165 Å². The lowest BCUT2D eigenvalue weighted by atomic mass is 9.70. The standard InChI is InChI=1S/C27H35/c1-2-22(24-13-16-4-7-19(24)10-16)27(26-15-18-6-9-21(26)12-18)23(3-1)25-14-17-5-8-20(25)11-17/h2-3,16-21,24-26H,4-15H2. The third-order valence-corrected chi connectivity index (χ3v) is 10.5. The SMILES string of the molecule is [c]1cc(C2CC3CCC2C3)c(C2CC3CCC2C3)c(C2CC3CCC2C3)c1. The van der Waals surface area contributed by atoms with Crippen LogP contribution in [-0.2, 0) is 0 Å². The van der Waals surface area contributed by atoms with Crippen LogP contribution in [0.4, 0.5) is 0 Å². The van der Waals surface area contributed by atoms with Gasteiger partial charge in [0.15, 0.2) is 0 Å². The Morgan fingerprint density at radius 2 is 0.963 bits per heavy atom. The van der Waals surface area contributed by atoms with Crippen molar-refractivity contribution in [3.05, 3.63) is 34.9 Å². The van der Waals surface area contributed by atoms with Gasteiger partial charge in [0.2, 0.25) is 0 Å². The maximum atomic E-state index is 3.71. The average Bonchev–Trinajstić information content (AvgIpc) is 3.52. The van der Waals surface area contributed by atoms with E-state index in [2.05, 4.69) is 18.2 Å². The van der Waals surface area contributed by atoms with Crippen LogP contribution in [0.2, 0.25) is 0 Å². The smallest absolute Gasteiger partial charge is 0.0125 e. The Morgan fingerprint density at radius 1 is 0.519 bits per heavy atom. The molecule has 0 aromatic heterocycles. The minimum atomic E-state index is 0.896. The van der Waals surface area contributed by atoms with Crippen LogP contribution in [0.5, 0.6) is 0 Å². The fourth-order valence-electron chi connectivity index (χ4n) is 9.43. The maximum absolute atomic E-state index is 3.71. The zero-order valence-electron chi connectivity index (χ0n) is 16.8. The molecule has 0 heteroatoms. The van der Waals surface area contributed by atoms with Gasteiger partial charge in [0.25, 0.3) is 0 Å². The summed E-state index contributed by atoms with van der Waals surface area (Å²) >= 11 is 0. The first-order valence-corrected chi connectivity index (χ1v) is 12.4. The summed E-state index contributed by atoms with van der Waals surface area (Å²) in [6.45, 7) is 0. The Kier molecular flexibility index (Phi) is 3.49. The van der Waals surface area contributed by atoms with E-state index in [1.807, 2.05) is 16.7 Å². The minimum Gasteiger partial charge on any atom is -0.0506 e. The molecule has 1 radical (unpaired) electrons. The third kappa shape index (κ3) is 2.34. The number of hydrogen-bond donors (Lipinski definition) is 0. The van der Waals surface area contributed by atoms with Crippen LogP contribution in [0.15, 0.2) is 12.1 Å². The van der Waals surface area contributed by atoms with Gasteiger partial charge in [-0.2, -0.15) is 0 Å². The molecule has 6 aliphatic carbocycles. The van der Waals surface area contributed by atoms with Crippen molar-refractivity contribution in [2.24, 2.45) is 35.5 Å².